The van der Waals surface area contributed by atoms with Crippen LogP contribution in [0.4, 0.5) is 0 Å². The summed E-state index contributed by atoms with van der Waals surface area (Å²) in [5.74, 6) is 1.70. The highest BCUT2D eigenvalue weighted by atomic mass is 127. The maximum absolute atomic E-state index is 5.74. The van der Waals surface area contributed by atoms with Crippen molar-refractivity contribution in [3.63, 3.8) is 0 Å². The highest BCUT2D eigenvalue weighted by Gasteiger charge is 2.02. The summed E-state index contributed by atoms with van der Waals surface area (Å²) in [4.78, 5) is 4.66. The molecule has 6 heteroatoms. The molecule has 0 unspecified atom stereocenters. The Morgan fingerprint density at radius 1 is 0.931 bits per heavy atom. The van der Waals surface area contributed by atoms with Crippen LogP contribution < -0.4 is 15.4 Å². The Balaban J connectivity index is 0.00000420. The van der Waals surface area contributed by atoms with Crippen molar-refractivity contribution in [2.75, 3.05) is 33.4 Å². The minimum atomic E-state index is 0. The van der Waals surface area contributed by atoms with Crippen molar-refractivity contribution in [2.24, 2.45) is 4.99 Å². The molecule has 0 aliphatic rings. The van der Waals surface area contributed by atoms with Crippen LogP contribution in [0.5, 0.6) is 5.75 Å². The first-order valence-corrected chi connectivity index (χ1v) is 10.1. The van der Waals surface area contributed by atoms with Gasteiger partial charge in [-0.25, -0.2) is 4.99 Å². The van der Waals surface area contributed by atoms with Gasteiger partial charge in [-0.15, -0.1) is 24.0 Å². The molecule has 2 aromatic carbocycles. The fraction of sp³-hybridized carbons (Fsp3) is 0.435. The van der Waals surface area contributed by atoms with Crippen molar-refractivity contribution in [1.29, 1.82) is 0 Å². The van der Waals surface area contributed by atoms with Gasteiger partial charge >= 0.3 is 0 Å². The Morgan fingerprint density at radius 3 is 2.45 bits per heavy atom. The van der Waals surface area contributed by atoms with E-state index in [0.717, 1.165) is 62.8 Å². The Bertz CT molecular complexity index is 696. The molecule has 0 aliphatic carbocycles. The van der Waals surface area contributed by atoms with E-state index in [9.17, 15) is 0 Å². The molecule has 2 N–H and O–H groups in total. The second-order valence-electron chi connectivity index (χ2n) is 6.49. The van der Waals surface area contributed by atoms with Crippen LogP contribution in [0, 0.1) is 0 Å². The van der Waals surface area contributed by atoms with E-state index in [0.29, 0.717) is 6.54 Å². The molecule has 5 nitrogen and oxygen atoms in total. The zero-order valence-electron chi connectivity index (χ0n) is 17.5. The summed E-state index contributed by atoms with van der Waals surface area (Å²) in [6.45, 7) is 5.94. The van der Waals surface area contributed by atoms with E-state index in [1.54, 1.807) is 7.11 Å². The van der Waals surface area contributed by atoms with Crippen LogP contribution in [-0.4, -0.2) is 39.4 Å². The number of rotatable bonds is 12. The van der Waals surface area contributed by atoms with Crippen molar-refractivity contribution in [1.82, 2.24) is 10.6 Å². The molecule has 0 heterocycles. The molecule has 2 rings (SSSR count). The smallest absolute Gasteiger partial charge is 0.191 e. The molecular weight excluding hydrogens is 477 g/mol. The fourth-order valence-corrected chi connectivity index (χ4v) is 2.81. The average molecular weight is 511 g/mol. The van der Waals surface area contributed by atoms with Crippen LogP contribution in [-0.2, 0) is 17.7 Å². The number of unbranched alkanes of at least 4 members (excludes halogenated alkanes) is 1. The summed E-state index contributed by atoms with van der Waals surface area (Å²) in [5, 5.41) is 6.67. The highest BCUT2D eigenvalue weighted by Crippen LogP contribution is 2.17. The number of hydrogen-bond donors (Lipinski definition) is 2. The summed E-state index contributed by atoms with van der Waals surface area (Å²) in [6, 6.07) is 18.4. The number of guanidine groups is 1. The Kier molecular flexibility index (Phi) is 14.0. The third-order valence-electron chi connectivity index (χ3n) is 4.33. The lowest BCUT2D eigenvalue weighted by molar-refractivity contribution is 0.133. The fourth-order valence-electron chi connectivity index (χ4n) is 2.81. The molecule has 0 saturated heterocycles. The van der Waals surface area contributed by atoms with Gasteiger partial charge in [0.15, 0.2) is 5.96 Å². The second-order valence-corrected chi connectivity index (χ2v) is 6.49. The first-order chi connectivity index (χ1) is 13.8. The Hall–Kier alpha value is -1.80. The van der Waals surface area contributed by atoms with Gasteiger partial charge in [0.2, 0.25) is 0 Å². The number of benzene rings is 2. The molecule has 160 valence electrons. The minimum absolute atomic E-state index is 0. The van der Waals surface area contributed by atoms with Gasteiger partial charge in [-0.05, 0) is 37.8 Å². The van der Waals surface area contributed by atoms with Crippen molar-refractivity contribution in [3.05, 3.63) is 65.7 Å². The van der Waals surface area contributed by atoms with Gasteiger partial charge in [0.05, 0.1) is 20.3 Å². The van der Waals surface area contributed by atoms with Gasteiger partial charge in [-0.1, -0.05) is 48.5 Å². The highest BCUT2D eigenvalue weighted by molar-refractivity contribution is 14.0. The van der Waals surface area contributed by atoms with Gasteiger partial charge in [-0.3, -0.25) is 0 Å². The standard InChI is InChI=1S/C23H33N3O2.HI/c1-3-24-23(26-19-21-13-7-8-14-22(21)27-2)25-16-9-10-17-28-18-15-20-11-5-4-6-12-20;/h4-8,11-14H,3,9-10,15-19H2,1-2H3,(H2,24,25,26);1H. The number of ether oxygens (including phenoxy) is 2. The second kappa shape index (κ2) is 16.0. The van der Waals surface area contributed by atoms with Crippen LogP contribution in [0.3, 0.4) is 0 Å². The molecule has 0 fully saturated rings. The third kappa shape index (κ3) is 10.5. The number of aliphatic imine (C=N–C) groups is 1. The summed E-state index contributed by atoms with van der Waals surface area (Å²) in [7, 11) is 1.69. The minimum Gasteiger partial charge on any atom is -0.496 e. The molecule has 0 aromatic heterocycles. The van der Waals surface area contributed by atoms with Crippen LogP contribution in [0.1, 0.15) is 30.9 Å². The molecule has 29 heavy (non-hydrogen) atoms. The average Bonchev–Trinajstić information content (AvgIpc) is 2.74. The van der Waals surface area contributed by atoms with Crippen molar-refractivity contribution in [3.8, 4) is 5.75 Å². The van der Waals surface area contributed by atoms with Gasteiger partial charge < -0.3 is 20.1 Å². The predicted octanol–water partition coefficient (Wildman–Crippen LogP) is 4.41. The summed E-state index contributed by atoms with van der Waals surface area (Å²) in [6.07, 6.45) is 3.05. The Morgan fingerprint density at radius 2 is 1.69 bits per heavy atom. The van der Waals surface area contributed by atoms with Gasteiger partial charge in [0.25, 0.3) is 0 Å². The lowest BCUT2D eigenvalue weighted by Crippen LogP contribution is -2.37. The summed E-state index contributed by atoms with van der Waals surface area (Å²) >= 11 is 0. The lowest BCUT2D eigenvalue weighted by Gasteiger charge is -2.12. The molecular formula is C23H34IN3O2. The molecule has 0 spiro atoms. The van der Waals surface area contributed by atoms with Crippen molar-refractivity contribution in [2.45, 2.75) is 32.7 Å². The van der Waals surface area contributed by atoms with E-state index in [1.165, 1.54) is 5.56 Å². The maximum Gasteiger partial charge on any atom is 0.191 e. The number of hydrogen-bond acceptors (Lipinski definition) is 3. The third-order valence-corrected chi connectivity index (χ3v) is 4.33. The molecule has 2 aromatic rings. The molecule has 0 bridgehead atoms. The van der Waals surface area contributed by atoms with Crippen molar-refractivity contribution >= 4 is 29.9 Å². The van der Waals surface area contributed by atoms with Crippen LogP contribution in [0.15, 0.2) is 59.6 Å². The first-order valence-electron chi connectivity index (χ1n) is 10.1. The molecule has 0 aliphatic heterocycles. The van der Waals surface area contributed by atoms with E-state index in [1.807, 2.05) is 30.3 Å². The van der Waals surface area contributed by atoms with Crippen molar-refractivity contribution < 1.29 is 9.47 Å². The van der Waals surface area contributed by atoms with Gasteiger partial charge in [0, 0.05) is 25.3 Å². The molecule has 0 radical (unpaired) electrons. The molecule has 0 amide bonds. The van der Waals surface area contributed by atoms with Gasteiger partial charge in [-0.2, -0.15) is 0 Å². The van der Waals surface area contributed by atoms with Crippen LogP contribution in [0.2, 0.25) is 0 Å². The molecule has 0 atom stereocenters. The van der Waals surface area contributed by atoms with Crippen LogP contribution >= 0.6 is 24.0 Å². The normalized spacial score (nSPS) is 10.9. The number of nitrogens with zero attached hydrogens (tertiary/aromatic N) is 1. The summed E-state index contributed by atoms with van der Waals surface area (Å²) < 4.78 is 11.1. The van der Waals surface area contributed by atoms with Gasteiger partial charge in [0.1, 0.15) is 5.75 Å². The number of para-hydroxylation sites is 1. The van der Waals surface area contributed by atoms with E-state index in [2.05, 4.69) is 46.8 Å². The monoisotopic (exact) mass is 511 g/mol. The SMILES string of the molecule is CCNC(=NCc1ccccc1OC)NCCCCOCCc1ccccc1.I. The number of nitrogens with one attached hydrogen (secondary N) is 2. The number of methoxy groups -OCH3 is 1. The first kappa shape index (κ1) is 25.2. The zero-order valence-corrected chi connectivity index (χ0v) is 19.9. The zero-order chi connectivity index (χ0) is 19.9. The summed E-state index contributed by atoms with van der Waals surface area (Å²) in [5.41, 5.74) is 2.40. The lowest BCUT2D eigenvalue weighted by atomic mass is 10.2. The number of halogens is 1. The van der Waals surface area contributed by atoms with E-state index < -0.39 is 0 Å². The van der Waals surface area contributed by atoms with E-state index in [4.69, 9.17) is 9.47 Å². The van der Waals surface area contributed by atoms with E-state index in [-0.39, 0.29) is 24.0 Å². The van der Waals surface area contributed by atoms with E-state index >= 15 is 0 Å². The maximum atomic E-state index is 5.74. The van der Waals surface area contributed by atoms with Crippen LogP contribution in [0.25, 0.3) is 0 Å². The largest absolute Gasteiger partial charge is 0.496 e. The molecule has 0 saturated carbocycles. The quantitative estimate of drug-likeness (QED) is 0.192. The topological polar surface area (TPSA) is 54.9 Å². The predicted molar refractivity (Wildman–Crippen MR) is 131 cm³/mol. The Labute approximate surface area is 192 Å².